The summed E-state index contributed by atoms with van der Waals surface area (Å²) in [6.45, 7) is 2.43. The molecule has 7 heteroatoms. The molecule has 0 aliphatic heterocycles. The molecule has 128 valence electrons. The number of carbonyl (C=O) groups is 1. The van der Waals surface area contributed by atoms with Crippen molar-refractivity contribution < 1.29 is 4.79 Å². The van der Waals surface area contributed by atoms with Crippen LogP contribution in [0.1, 0.15) is 34.7 Å². The molecule has 1 amide bonds. The molecule has 0 bridgehead atoms. The zero-order valence-electron chi connectivity index (χ0n) is 14.0. The second kappa shape index (κ2) is 7.44. The molecule has 0 fully saturated rings. The molecule has 0 radical (unpaired) electrons. The van der Waals surface area contributed by atoms with Crippen LogP contribution in [0.15, 0.2) is 54.9 Å². The molecular formula is C18H18ClN5O. The number of amides is 1. The minimum Gasteiger partial charge on any atom is -0.332 e. The number of aromatic nitrogens is 4. The number of pyridine rings is 1. The predicted octanol–water partition coefficient (Wildman–Crippen LogP) is 3.21. The average Bonchev–Trinajstić information content (AvgIpc) is 3.09. The summed E-state index contributed by atoms with van der Waals surface area (Å²) in [5, 5.41) is 8.70. The Hall–Kier alpha value is -2.73. The quantitative estimate of drug-likeness (QED) is 0.705. The van der Waals surface area contributed by atoms with Crippen LogP contribution >= 0.6 is 11.6 Å². The van der Waals surface area contributed by atoms with Crippen molar-refractivity contribution >= 4 is 17.5 Å². The van der Waals surface area contributed by atoms with Crippen LogP contribution in [0.5, 0.6) is 0 Å². The van der Waals surface area contributed by atoms with Crippen molar-refractivity contribution in [1.82, 2.24) is 24.9 Å². The molecule has 0 aliphatic carbocycles. The Bertz CT molecular complexity index is 865. The van der Waals surface area contributed by atoms with E-state index in [1.54, 1.807) is 29.0 Å². The normalized spacial score (nSPS) is 12.0. The summed E-state index contributed by atoms with van der Waals surface area (Å²) in [7, 11) is 1.73. The third-order valence-corrected chi connectivity index (χ3v) is 4.24. The van der Waals surface area contributed by atoms with Gasteiger partial charge in [0.05, 0.1) is 24.5 Å². The minimum atomic E-state index is -0.199. The van der Waals surface area contributed by atoms with E-state index in [0.717, 1.165) is 11.3 Å². The van der Waals surface area contributed by atoms with Crippen molar-refractivity contribution in [3.63, 3.8) is 0 Å². The first-order valence-electron chi connectivity index (χ1n) is 7.87. The minimum absolute atomic E-state index is 0.160. The summed E-state index contributed by atoms with van der Waals surface area (Å²) in [6.07, 6.45) is 3.36. The van der Waals surface area contributed by atoms with Gasteiger partial charge in [-0.3, -0.25) is 9.78 Å². The molecule has 0 aliphatic rings. The van der Waals surface area contributed by atoms with E-state index in [4.69, 9.17) is 11.6 Å². The van der Waals surface area contributed by atoms with Gasteiger partial charge in [-0.05, 0) is 36.8 Å². The summed E-state index contributed by atoms with van der Waals surface area (Å²) in [4.78, 5) is 18.5. The molecule has 1 atom stereocenters. The van der Waals surface area contributed by atoms with Crippen LogP contribution in [0.3, 0.4) is 0 Å². The van der Waals surface area contributed by atoms with Crippen LogP contribution in [0.4, 0.5) is 0 Å². The fourth-order valence-corrected chi connectivity index (χ4v) is 2.69. The fraction of sp³-hybridized carbons (Fsp3) is 0.222. The molecule has 2 heterocycles. The number of nitrogens with zero attached hydrogens (tertiary/aromatic N) is 5. The standard InChI is InChI=1S/C18H18ClN5O/c1-13(16-8-3-4-9-20-16)23(2)18(25)17-12-24(22-21-17)11-14-6-5-7-15(19)10-14/h3-10,12-13H,11H2,1-2H3/t13-/m1/s1. The maximum Gasteiger partial charge on any atom is 0.276 e. The van der Waals surface area contributed by atoms with E-state index in [1.807, 2.05) is 49.4 Å². The molecule has 3 rings (SSSR count). The van der Waals surface area contributed by atoms with E-state index in [1.165, 1.54) is 0 Å². The summed E-state index contributed by atoms with van der Waals surface area (Å²) < 4.78 is 1.62. The van der Waals surface area contributed by atoms with Crippen LogP contribution < -0.4 is 0 Å². The van der Waals surface area contributed by atoms with E-state index in [0.29, 0.717) is 17.3 Å². The third kappa shape index (κ3) is 4.03. The van der Waals surface area contributed by atoms with Crippen LogP contribution in [0.2, 0.25) is 5.02 Å². The summed E-state index contributed by atoms with van der Waals surface area (Å²) >= 11 is 5.99. The highest BCUT2D eigenvalue weighted by Crippen LogP contribution is 2.18. The van der Waals surface area contributed by atoms with Crippen LogP contribution in [-0.2, 0) is 6.54 Å². The summed E-state index contributed by atoms with van der Waals surface area (Å²) in [5.74, 6) is -0.199. The molecule has 0 spiro atoms. The van der Waals surface area contributed by atoms with Crippen LogP contribution in [0, 0.1) is 0 Å². The number of hydrogen-bond acceptors (Lipinski definition) is 4. The second-order valence-corrected chi connectivity index (χ2v) is 6.21. The zero-order valence-corrected chi connectivity index (χ0v) is 14.8. The summed E-state index contributed by atoms with van der Waals surface area (Å²) in [6, 6.07) is 13.0. The predicted molar refractivity (Wildman–Crippen MR) is 95.3 cm³/mol. The fourth-order valence-electron chi connectivity index (χ4n) is 2.47. The Morgan fingerprint density at radius 1 is 1.28 bits per heavy atom. The van der Waals surface area contributed by atoms with Gasteiger partial charge in [0, 0.05) is 18.3 Å². The smallest absolute Gasteiger partial charge is 0.276 e. The lowest BCUT2D eigenvalue weighted by atomic mass is 10.2. The molecule has 2 aromatic heterocycles. The zero-order chi connectivity index (χ0) is 17.8. The molecule has 6 nitrogen and oxygen atoms in total. The van der Waals surface area contributed by atoms with E-state index in [9.17, 15) is 4.79 Å². The Labute approximate surface area is 151 Å². The van der Waals surface area contributed by atoms with Crippen molar-refractivity contribution in [2.24, 2.45) is 0 Å². The number of benzene rings is 1. The van der Waals surface area contributed by atoms with E-state index in [2.05, 4.69) is 15.3 Å². The Kier molecular flexibility index (Phi) is 5.09. The van der Waals surface area contributed by atoms with Crippen molar-refractivity contribution in [2.75, 3.05) is 7.05 Å². The van der Waals surface area contributed by atoms with Gasteiger partial charge in [-0.15, -0.1) is 5.10 Å². The van der Waals surface area contributed by atoms with E-state index < -0.39 is 0 Å². The highest BCUT2D eigenvalue weighted by atomic mass is 35.5. The second-order valence-electron chi connectivity index (χ2n) is 5.78. The van der Waals surface area contributed by atoms with Crippen molar-refractivity contribution in [2.45, 2.75) is 19.5 Å². The molecular weight excluding hydrogens is 338 g/mol. The van der Waals surface area contributed by atoms with Crippen LogP contribution in [0.25, 0.3) is 0 Å². The van der Waals surface area contributed by atoms with Gasteiger partial charge in [0.1, 0.15) is 0 Å². The van der Waals surface area contributed by atoms with Gasteiger partial charge >= 0.3 is 0 Å². The number of hydrogen-bond donors (Lipinski definition) is 0. The largest absolute Gasteiger partial charge is 0.332 e. The molecule has 1 aromatic carbocycles. The molecule has 0 N–H and O–H groups in total. The maximum atomic E-state index is 12.6. The highest BCUT2D eigenvalue weighted by Gasteiger charge is 2.22. The first kappa shape index (κ1) is 17.1. The first-order chi connectivity index (χ1) is 12.0. The lowest BCUT2D eigenvalue weighted by Crippen LogP contribution is -2.30. The van der Waals surface area contributed by atoms with Crippen molar-refractivity contribution in [1.29, 1.82) is 0 Å². The van der Waals surface area contributed by atoms with Gasteiger partial charge in [-0.1, -0.05) is 35.0 Å². The van der Waals surface area contributed by atoms with Crippen molar-refractivity contribution in [3.8, 4) is 0 Å². The molecule has 0 saturated carbocycles. The molecule has 0 unspecified atom stereocenters. The lowest BCUT2D eigenvalue weighted by molar-refractivity contribution is 0.0733. The summed E-state index contributed by atoms with van der Waals surface area (Å²) in [5.41, 5.74) is 2.11. The monoisotopic (exact) mass is 355 g/mol. The Morgan fingerprint density at radius 3 is 2.84 bits per heavy atom. The third-order valence-electron chi connectivity index (χ3n) is 4.01. The van der Waals surface area contributed by atoms with E-state index in [-0.39, 0.29) is 11.9 Å². The SMILES string of the molecule is C[C@H](c1ccccn1)N(C)C(=O)c1cn(Cc2cccc(Cl)c2)nn1. The van der Waals surface area contributed by atoms with Crippen molar-refractivity contribution in [3.05, 3.63) is 76.8 Å². The lowest BCUT2D eigenvalue weighted by Gasteiger charge is -2.23. The van der Waals surface area contributed by atoms with E-state index >= 15 is 0 Å². The molecule has 3 aromatic rings. The van der Waals surface area contributed by atoms with Gasteiger partial charge < -0.3 is 4.90 Å². The van der Waals surface area contributed by atoms with Gasteiger partial charge in [-0.25, -0.2) is 4.68 Å². The van der Waals surface area contributed by atoms with Gasteiger partial charge in [0.2, 0.25) is 0 Å². The van der Waals surface area contributed by atoms with Gasteiger partial charge in [-0.2, -0.15) is 0 Å². The topological polar surface area (TPSA) is 63.9 Å². The molecule has 25 heavy (non-hydrogen) atoms. The van der Waals surface area contributed by atoms with Crippen LogP contribution in [-0.4, -0.2) is 37.8 Å². The Morgan fingerprint density at radius 2 is 2.12 bits per heavy atom. The van der Waals surface area contributed by atoms with Gasteiger partial charge in [0.15, 0.2) is 5.69 Å². The van der Waals surface area contributed by atoms with Gasteiger partial charge in [0.25, 0.3) is 5.91 Å². The average molecular weight is 356 g/mol. The maximum absolute atomic E-state index is 12.6. The first-order valence-corrected chi connectivity index (χ1v) is 8.25. The number of carbonyl (C=O) groups excluding carboxylic acids is 1. The number of halogens is 1. The number of rotatable bonds is 5. The Balaban J connectivity index is 1.72. The molecule has 0 saturated heterocycles. The highest BCUT2D eigenvalue weighted by molar-refractivity contribution is 6.30.